The van der Waals surface area contributed by atoms with Gasteiger partial charge in [-0.15, -0.1) is 16.4 Å². The average Bonchev–Trinajstić information content (AvgIpc) is 3.25. The van der Waals surface area contributed by atoms with Gasteiger partial charge in [0.15, 0.2) is 5.13 Å². The second kappa shape index (κ2) is 7.46. The molecule has 0 bridgehead atoms. The number of hydrogen-bond acceptors (Lipinski definition) is 6. The van der Waals surface area contributed by atoms with E-state index in [2.05, 4.69) is 25.4 Å². The molecule has 142 valence electrons. The minimum atomic E-state index is -0.432. The number of thiazole rings is 1. The van der Waals surface area contributed by atoms with Gasteiger partial charge in [0.25, 0.3) is 11.7 Å². The van der Waals surface area contributed by atoms with Crippen LogP contribution in [0.5, 0.6) is 0 Å². The third-order valence-electron chi connectivity index (χ3n) is 3.96. The van der Waals surface area contributed by atoms with E-state index in [1.807, 2.05) is 32.0 Å². The zero-order valence-electron chi connectivity index (χ0n) is 14.9. The Morgan fingerprint density at radius 3 is 2.79 bits per heavy atom. The summed E-state index contributed by atoms with van der Waals surface area (Å²) < 4.78 is 1.54. The number of anilines is 1. The standard InChI is InChI=1S/C18H14Cl2N6OS/c1-9-5-10(2)26-17(22-9)23-15(25-26)16(27)24-18-21-8-12(28-18)6-11-3-4-13(19)14(20)7-11/h3-5,7-8H,6H2,1-2H3,(H,21,24,27). The van der Waals surface area contributed by atoms with Crippen molar-refractivity contribution in [3.05, 3.63) is 68.2 Å². The van der Waals surface area contributed by atoms with Crippen LogP contribution in [-0.2, 0) is 6.42 Å². The van der Waals surface area contributed by atoms with Crippen molar-refractivity contribution in [2.75, 3.05) is 5.32 Å². The Balaban J connectivity index is 1.49. The lowest BCUT2D eigenvalue weighted by molar-refractivity contribution is 0.101. The number of aromatic nitrogens is 5. The summed E-state index contributed by atoms with van der Waals surface area (Å²) in [4.78, 5) is 26.2. The van der Waals surface area contributed by atoms with Crippen molar-refractivity contribution >= 4 is 51.4 Å². The highest BCUT2D eigenvalue weighted by molar-refractivity contribution is 7.15. The summed E-state index contributed by atoms with van der Waals surface area (Å²) in [5, 5.41) is 8.45. The van der Waals surface area contributed by atoms with Gasteiger partial charge in [-0.25, -0.2) is 14.5 Å². The summed E-state index contributed by atoms with van der Waals surface area (Å²) >= 11 is 13.4. The van der Waals surface area contributed by atoms with E-state index in [1.54, 1.807) is 16.8 Å². The zero-order valence-corrected chi connectivity index (χ0v) is 17.2. The van der Waals surface area contributed by atoms with Gasteiger partial charge in [0.05, 0.1) is 10.0 Å². The Labute approximate surface area is 174 Å². The summed E-state index contributed by atoms with van der Waals surface area (Å²) in [5.41, 5.74) is 2.68. The van der Waals surface area contributed by atoms with Crippen molar-refractivity contribution in [3.8, 4) is 0 Å². The van der Waals surface area contributed by atoms with Crippen LogP contribution in [0.2, 0.25) is 10.0 Å². The molecule has 0 aliphatic carbocycles. The molecule has 7 nitrogen and oxygen atoms in total. The van der Waals surface area contributed by atoms with Crippen molar-refractivity contribution in [2.45, 2.75) is 20.3 Å². The zero-order chi connectivity index (χ0) is 19.8. The van der Waals surface area contributed by atoms with Gasteiger partial charge >= 0.3 is 0 Å². The van der Waals surface area contributed by atoms with Crippen molar-refractivity contribution < 1.29 is 4.79 Å². The number of hydrogen-bond donors (Lipinski definition) is 1. The maximum absolute atomic E-state index is 12.5. The van der Waals surface area contributed by atoms with Crippen LogP contribution in [0.15, 0.2) is 30.5 Å². The molecule has 28 heavy (non-hydrogen) atoms. The maximum atomic E-state index is 12.5. The third kappa shape index (κ3) is 3.84. The Kier molecular flexibility index (Phi) is 5.01. The molecule has 0 spiro atoms. The summed E-state index contributed by atoms with van der Waals surface area (Å²) in [6, 6.07) is 7.36. The second-order valence-electron chi connectivity index (χ2n) is 6.20. The highest BCUT2D eigenvalue weighted by Gasteiger charge is 2.16. The SMILES string of the molecule is Cc1cc(C)n2nc(C(=O)Nc3ncc(Cc4ccc(Cl)c(Cl)c4)s3)nc2n1. The molecule has 0 aliphatic rings. The van der Waals surface area contributed by atoms with Crippen LogP contribution in [0, 0.1) is 13.8 Å². The Bertz CT molecular complexity index is 1200. The Morgan fingerprint density at radius 2 is 2.00 bits per heavy atom. The number of carbonyl (C=O) groups excluding carboxylic acids is 1. The van der Waals surface area contributed by atoms with Gasteiger partial charge in [-0.3, -0.25) is 10.1 Å². The van der Waals surface area contributed by atoms with Crippen LogP contribution in [0.1, 0.15) is 32.4 Å². The first-order valence-corrected chi connectivity index (χ1v) is 9.87. The molecule has 0 radical (unpaired) electrons. The monoisotopic (exact) mass is 432 g/mol. The highest BCUT2D eigenvalue weighted by Crippen LogP contribution is 2.26. The van der Waals surface area contributed by atoms with E-state index in [9.17, 15) is 4.79 Å². The van der Waals surface area contributed by atoms with E-state index in [0.29, 0.717) is 27.4 Å². The lowest BCUT2D eigenvalue weighted by Gasteiger charge is -2.01. The fourth-order valence-electron chi connectivity index (χ4n) is 2.71. The highest BCUT2D eigenvalue weighted by atomic mass is 35.5. The summed E-state index contributed by atoms with van der Waals surface area (Å²) in [6.45, 7) is 3.75. The van der Waals surface area contributed by atoms with E-state index in [4.69, 9.17) is 23.2 Å². The lowest BCUT2D eigenvalue weighted by atomic mass is 10.1. The predicted molar refractivity (Wildman–Crippen MR) is 110 cm³/mol. The normalized spacial score (nSPS) is 11.1. The summed E-state index contributed by atoms with van der Waals surface area (Å²) in [6.07, 6.45) is 2.36. The fraction of sp³-hybridized carbons (Fsp3) is 0.167. The molecule has 1 amide bonds. The molecular weight excluding hydrogens is 419 g/mol. The first kappa shape index (κ1) is 18.8. The van der Waals surface area contributed by atoms with Crippen LogP contribution >= 0.6 is 34.5 Å². The minimum absolute atomic E-state index is 0.0439. The summed E-state index contributed by atoms with van der Waals surface area (Å²) in [7, 11) is 0. The number of carbonyl (C=O) groups is 1. The molecule has 3 heterocycles. The quantitative estimate of drug-likeness (QED) is 0.517. The number of nitrogens with zero attached hydrogens (tertiary/aromatic N) is 5. The fourth-order valence-corrected chi connectivity index (χ4v) is 3.88. The molecule has 4 rings (SSSR count). The molecule has 0 saturated carbocycles. The van der Waals surface area contributed by atoms with Crippen molar-refractivity contribution in [3.63, 3.8) is 0 Å². The second-order valence-corrected chi connectivity index (χ2v) is 8.13. The molecule has 0 saturated heterocycles. The van der Waals surface area contributed by atoms with Crippen LogP contribution < -0.4 is 5.32 Å². The van der Waals surface area contributed by atoms with E-state index < -0.39 is 5.91 Å². The van der Waals surface area contributed by atoms with Crippen molar-refractivity contribution in [2.24, 2.45) is 0 Å². The molecule has 0 fully saturated rings. The molecule has 10 heteroatoms. The molecule has 4 aromatic rings. The van der Waals surface area contributed by atoms with Gasteiger partial charge in [0, 0.05) is 28.9 Å². The van der Waals surface area contributed by atoms with Crippen LogP contribution in [0.25, 0.3) is 5.78 Å². The lowest BCUT2D eigenvalue weighted by Crippen LogP contribution is -2.13. The van der Waals surface area contributed by atoms with Gasteiger partial charge in [0.2, 0.25) is 5.82 Å². The van der Waals surface area contributed by atoms with Crippen LogP contribution in [0.4, 0.5) is 5.13 Å². The largest absolute Gasteiger partial charge is 0.297 e. The Hall–Kier alpha value is -2.55. The number of amides is 1. The number of fused-ring (bicyclic) bond motifs is 1. The van der Waals surface area contributed by atoms with E-state index in [0.717, 1.165) is 21.8 Å². The van der Waals surface area contributed by atoms with Crippen LogP contribution in [-0.4, -0.2) is 30.5 Å². The van der Waals surface area contributed by atoms with Gasteiger partial charge in [0.1, 0.15) is 0 Å². The molecular formula is C18H14Cl2N6OS. The van der Waals surface area contributed by atoms with Crippen LogP contribution in [0.3, 0.4) is 0 Å². The van der Waals surface area contributed by atoms with Crippen molar-refractivity contribution in [1.29, 1.82) is 0 Å². The number of nitrogens with one attached hydrogen (secondary N) is 1. The number of halogens is 2. The molecule has 0 atom stereocenters. The topological polar surface area (TPSA) is 85.1 Å². The van der Waals surface area contributed by atoms with Crippen molar-refractivity contribution in [1.82, 2.24) is 24.6 Å². The van der Waals surface area contributed by atoms with E-state index in [-0.39, 0.29) is 5.82 Å². The van der Waals surface area contributed by atoms with Gasteiger partial charge in [-0.05, 0) is 37.6 Å². The smallest absolute Gasteiger partial charge is 0.295 e. The molecule has 3 aromatic heterocycles. The van der Waals surface area contributed by atoms with E-state index >= 15 is 0 Å². The maximum Gasteiger partial charge on any atom is 0.297 e. The third-order valence-corrected chi connectivity index (χ3v) is 5.61. The molecule has 0 aliphatic heterocycles. The number of rotatable bonds is 4. The molecule has 1 aromatic carbocycles. The van der Waals surface area contributed by atoms with E-state index in [1.165, 1.54) is 11.3 Å². The minimum Gasteiger partial charge on any atom is -0.295 e. The summed E-state index contributed by atoms with van der Waals surface area (Å²) in [5.74, 6) is 0.00233. The predicted octanol–water partition coefficient (Wildman–Crippen LogP) is 4.35. The number of benzene rings is 1. The first-order valence-electron chi connectivity index (χ1n) is 8.30. The molecule has 0 unspecified atom stereocenters. The van der Waals surface area contributed by atoms with Gasteiger partial charge in [-0.2, -0.15) is 4.98 Å². The Morgan fingerprint density at radius 1 is 1.18 bits per heavy atom. The average molecular weight is 433 g/mol. The first-order chi connectivity index (χ1) is 13.4. The van der Waals surface area contributed by atoms with Gasteiger partial charge in [-0.1, -0.05) is 29.3 Å². The van der Waals surface area contributed by atoms with Gasteiger partial charge < -0.3 is 0 Å². The number of aryl methyl sites for hydroxylation is 2. The molecule has 1 N–H and O–H groups in total.